The van der Waals surface area contributed by atoms with Crippen LogP contribution >= 0.6 is 0 Å². The zero-order chi connectivity index (χ0) is 17.8. The second kappa shape index (κ2) is 7.36. The number of hydrogen-bond donors (Lipinski definition) is 0. The van der Waals surface area contributed by atoms with E-state index in [0.29, 0.717) is 18.5 Å². The van der Waals surface area contributed by atoms with Crippen LogP contribution in [0.1, 0.15) is 5.56 Å². The lowest BCUT2D eigenvalue weighted by Gasteiger charge is -2.10. The molecule has 4 aromatic rings. The van der Waals surface area contributed by atoms with Crippen molar-refractivity contribution in [1.29, 1.82) is 0 Å². The van der Waals surface area contributed by atoms with Crippen LogP contribution in [0.25, 0.3) is 22.0 Å². The van der Waals surface area contributed by atoms with Gasteiger partial charge in [0.2, 0.25) is 0 Å². The largest absolute Gasteiger partial charge is 0.488 e. The fraction of sp³-hybridized carbons (Fsp3) is 0.0870. The van der Waals surface area contributed by atoms with Gasteiger partial charge in [0.15, 0.2) is 11.6 Å². The van der Waals surface area contributed by atoms with Gasteiger partial charge in [0.1, 0.15) is 5.52 Å². The van der Waals surface area contributed by atoms with Gasteiger partial charge in [-0.15, -0.1) is 0 Å². The van der Waals surface area contributed by atoms with Crippen molar-refractivity contribution < 1.29 is 9.13 Å². The molecule has 0 fully saturated rings. The van der Waals surface area contributed by atoms with Crippen LogP contribution < -0.4 is 4.74 Å². The maximum Gasteiger partial charge on any atom is 0.181 e. The van der Waals surface area contributed by atoms with E-state index in [4.69, 9.17) is 4.74 Å². The standard InChI is InChI=1S/C23H18FNO/c24-21-13-12-20-7-4-15-25-22(20)23(21)26-16-14-17-8-10-19(11-9-17)18-5-2-1-3-6-18/h1-13,15H,14,16H2. The van der Waals surface area contributed by atoms with Crippen LogP contribution in [0.2, 0.25) is 0 Å². The number of ether oxygens (including phenoxy) is 1. The summed E-state index contributed by atoms with van der Waals surface area (Å²) in [5.74, 6) is -0.153. The Morgan fingerprint density at radius 2 is 1.54 bits per heavy atom. The molecule has 0 saturated heterocycles. The maximum absolute atomic E-state index is 14.1. The van der Waals surface area contributed by atoms with E-state index in [1.807, 2.05) is 30.3 Å². The summed E-state index contributed by atoms with van der Waals surface area (Å²) in [5.41, 5.74) is 4.09. The Balaban J connectivity index is 1.45. The normalized spacial score (nSPS) is 10.8. The summed E-state index contributed by atoms with van der Waals surface area (Å²) in [4.78, 5) is 4.25. The first kappa shape index (κ1) is 16.3. The first-order chi connectivity index (χ1) is 12.8. The van der Waals surface area contributed by atoms with Gasteiger partial charge >= 0.3 is 0 Å². The first-order valence-corrected chi connectivity index (χ1v) is 8.62. The Morgan fingerprint density at radius 3 is 2.35 bits per heavy atom. The molecule has 0 atom stereocenters. The Morgan fingerprint density at radius 1 is 0.769 bits per heavy atom. The van der Waals surface area contributed by atoms with Crippen LogP contribution in [-0.4, -0.2) is 11.6 Å². The van der Waals surface area contributed by atoms with Crippen molar-refractivity contribution in [3.8, 4) is 16.9 Å². The van der Waals surface area contributed by atoms with E-state index in [0.717, 1.165) is 10.9 Å². The number of nitrogens with zero attached hydrogens (tertiary/aromatic N) is 1. The van der Waals surface area contributed by atoms with Gasteiger partial charge in [-0.2, -0.15) is 0 Å². The molecule has 0 saturated carbocycles. The summed E-state index contributed by atoms with van der Waals surface area (Å²) in [5, 5.41) is 0.871. The lowest BCUT2D eigenvalue weighted by atomic mass is 10.0. The minimum absolute atomic E-state index is 0.226. The van der Waals surface area contributed by atoms with Crippen molar-refractivity contribution in [2.75, 3.05) is 6.61 Å². The van der Waals surface area contributed by atoms with E-state index < -0.39 is 0 Å². The van der Waals surface area contributed by atoms with E-state index in [1.165, 1.54) is 17.2 Å². The smallest absolute Gasteiger partial charge is 0.181 e. The number of pyridine rings is 1. The third-order valence-corrected chi connectivity index (χ3v) is 4.38. The lowest BCUT2D eigenvalue weighted by molar-refractivity contribution is 0.309. The summed E-state index contributed by atoms with van der Waals surface area (Å²) >= 11 is 0. The highest BCUT2D eigenvalue weighted by atomic mass is 19.1. The monoisotopic (exact) mass is 343 g/mol. The van der Waals surface area contributed by atoms with Gasteiger partial charge in [0, 0.05) is 18.0 Å². The molecule has 1 aromatic heterocycles. The average Bonchev–Trinajstić information content (AvgIpc) is 2.71. The van der Waals surface area contributed by atoms with Crippen LogP contribution in [-0.2, 0) is 6.42 Å². The van der Waals surface area contributed by atoms with Gasteiger partial charge in [0.25, 0.3) is 0 Å². The molecular formula is C23H18FNO. The summed E-state index contributed by atoms with van der Waals surface area (Å²) in [6.07, 6.45) is 2.36. The van der Waals surface area contributed by atoms with Crippen LogP contribution in [0.3, 0.4) is 0 Å². The molecule has 3 aromatic carbocycles. The fourth-order valence-corrected chi connectivity index (χ4v) is 3.00. The molecule has 26 heavy (non-hydrogen) atoms. The summed E-state index contributed by atoms with van der Waals surface area (Å²) in [6.45, 7) is 0.400. The Bertz CT molecular complexity index is 1010. The SMILES string of the molecule is Fc1ccc2cccnc2c1OCCc1ccc(-c2ccccc2)cc1. The molecule has 0 aliphatic rings. The molecule has 3 heteroatoms. The maximum atomic E-state index is 14.1. The summed E-state index contributed by atoms with van der Waals surface area (Å²) in [7, 11) is 0. The quantitative estimate of drug-likeness (QED) is 0.466. The number of fused-ring (bicyclic) bond motifs is 1. The molecular weight excluding hydrogens is 325 g/mol. The molecule has 0 aliphatic carbocycles. The fourth-order valence-electron chi connectivity index (χ4n) is 3.00. The van der Waals surface area contributed by atoms with Crippen molar-refractivity contribution in [2.24, 2.45) is 0 Å². The zero-order valence-electron chi connectivity index (χ0n) is 14.2. The molecule has 4 rings (SSSR count). The van der Waals surface area contributed by atoms with Gasteiger partial charge in [-0.25, -0.2) is 4.39 Å². The van der Waals surface area contributed by atoms with Crippen LogP contribution in [0.4, 0.5) is 4.39 Å². The molecule has 0 unspecified atom stereocenters. The number of benzene rings is 3. The van der Waals surface area contributed by atoms with Gasteiger partial charge in [-0.3, -0.25) is 4.98 Å². The molecule has 0 aliphatic heterocycles. The highest BCUT2D eigenvalue weighted by molar-refractivity contribution is 5.84. The Kier molecular flexibility index (Phi) is 4.61. The van der Waals surface area contributed by atoms with Gasteiger partial charge < -0.3 is 4.74 Å². The van der Waals surface area contributed by atoms with E-state index in [2.05, 4.69) is 41.4 Å². The molecule has 2 nitrogen and oxygen atoms in total. The van der Waals surface area contributed by atoms with Crippen LogP contribution in [0, 0.1) is 5.82 Å². The number of rotatable bonds is 5. The van der Waals surface area contributed by atoms with E-state index >= 15 is 0 Å². The van der Waals surface area contributed by atoms with Crippen molar-refractivity contribution in [3.05, 3.63) is 96.4 Å². The van der Waals surface area contributed by atoms with Gasteiger partial charge in [-0.05, 0) is 34.9 Å². The van der Waals surface area contributed by atoms with Crippen molar-refractivity contribution in [2.45, 2.75) is 6.42 Å². The summed E-state index contributed by atoms with van der Waals surface area (Å²) in [6, 6.07) is 25.5. The molecule has 0 N–H and O–H groups in total. The summed E-state index contributed by atoms with van der Waals surface area (Å²) < 4.78 is 19.9. The third kappa shape index (κ3) is 3.42. The lowest BCUT2D eigenvalue weighted by Crippen LogP contribution is -2.04. The highest BCUT2D eigenvalue weighted by Crippen LogP contribution is 2.27. The molecule has 0 bridgehead atoms. The van der Waals surface area contributed by atoms with E-state index in [-0.39, 0.29) is 11.6 Å². The van der Waals surface area contributed by atoms with Gasteiger partial charge in [-0.1, -0.05) is 60.7 Å². The zero-order valence-corrected chi connectivity index (χ0v) is 14.2. The minimum Gasteiger partial charge on any atom is -0.488 e. The van der Waals surface area contributed by atoms with Crippen molar-refractivity contribution >= 4 is 10.9 Å². The van der Waals surface area contributed by atoms with E-state index in [9.17, 15) is 4.39 Å². The van der Waals surface area contributed by atoms with Crippen molar-refractivity contribution in [3.63, 3.8) is 0 Å². The van der Waals surface area contributed by atoms with Crippen molar-refractivity contribution in [1.82, 2.24) is 4.98 Å². The first-order valence-electron chi connectivity index (χ1n) is 8.62. The predicted molar refractivity (Wildman–Crippen MR) is 103 cm³/mol. The second-order valence-electron chi connectivity index (χ2n) is 6.11. The molecule has 0 spiro atoms. The van der Waals surface area contributed by atoms with E-state index in [1.54, 1.807) is 12.3 Å². The van der Waals surface area contributed by atoms with Crippen LogP contribution in [0.5, 0.6) is 5.75 Å². The molecule has 128 valence electrons. The Hall–Kier alpha value is -3.20. The Labute approximate surface area is 151 Å². The minimum atomic E-state index is -0.379. The molecule has 0 radical (unpaired) electrons. The van der Waals surface area contributed by atoms with Crippen LogP contribution in [0.15, 0.2) is 85.1 Å². The topological polar surface area (TPSA) is 22.1 Å². The predicted octanol–water partition coefficient (Wildman–Crippen LogP) is 5.66. The number of halogens is 1. The third-order valence-electron chi connectivity index (χ3n) is 4.38. The molecule has 0 amide bonds. The van der Waals surface area contributed by atoms with Gasteiger partial charge in [0.05, 0.1) is 6.61 Å². The molecule has 1 heterocycles. The highest BCUT2D eigenvalue weighted by Gasteiger charge is 2.10. The second-order valence-corrected chi connectivity index (χ2v) is 6.11. The number of aromatic nitrogens is 1. The number of hydrogen-bond acceptors (Lipinski definition) is 2. The average molecular weight is 343 g/mol.